The van der Waals surface area contributed by atoms with E-state index in [0.717, 1.165) is 12.0 Å². The smallest absolute Gasteiger partial charge is 0.317 e. The van der Waals surface area contributed by atoms with Crippen LogP contribution in [-0.2, 0) is 9.59 Å². The number of methoxy groups -OCH3 is 1. The number of carboxylic acid groups (broad SMARTS) is 1. The van der Waals surface area contributed by atoms with E-state index in [1.165, 1.54) is 13.2 Å². The summed E-state index contributed by atoms with van der Waals surface area (Å²) in [6, 6.07) is 6.33. The summed E-state index contributed by atoms with van der Waals surface area (Å²) in [5, 5.41) is 12.9. The number of aromatic nitrogens is 3. The van der Waals surface area contributed by atoms with E-state index in [2.05, 4.69) is 15.2 Å². The first-order valence-electron chi connectivity index (χ1n) is 13.5. The monoisotopic (exact) mass is 551 g/mol. The number of nitrogens with zero attached hydrogens (tertiary/aromatic N) is 6. The van der Waals surface area contributed by atoms with Crippen LogP contribution in [-0.4, -0.2) is 94.2 Å². The molecule has 3 aromatic rings. The minimum Gasteiger partial charge on any atom is -0.494 e. The summed E-state index contributed by atoms with van der Waals surface area (Å²) in [5.41, 5.74) is 1.55. The predicted molar refractivity (Wildman–Crippen MR) is 149 cm³/mol. The average Bonchev–Trinajstić information content (AvgIpc) is 3.40. The summed E-state index contributed by atoms with van der Waals surface area (Å²) < 4.78 is 19.8. The molecule has 0 spiro atoms. The van der Waals surface area contributed by atoms with Gasteiger partial charge >= 0.3 is 5.97 Å². The van der Waals surface area contributed by atoms with Crippen molar-refractivity contribution in [2.24, 2.45) is 0 Å². The number of nitrogens with one attached hydrogen (secondary N) is 1. The number of carbonyl (C=O) groups is 2. The van der Waals surface area contributed by atoms with Gasteiger partial charge in [0.05, 0.1) is 25.2 Å². The number of pyridine rings is 1. The van der Waals surface area contributed by atoms with E-state index in [1.807, 2.05) is 26.1 Å². The largest absolute Gasteiger partial charge is 0.494 e. The standard InChI is InChI=1S/C28H34FN7O4/c1-17-6-7-24(30-15-17)32-26-19-13-20(29)23(40-3)14-21(19)31-28(33-26)35-11-8-18(9-12-35)34(2)27(39)22-5-4-10-36(22)16-25(37)38/h6-7,13-15,18,22H,4-5,8-12,16H2,1-3H3,(H,37,38)(H,30,31,32,33). The van der Waals surface area contributed by atoms with Crippen LogP contribution >= 0.6 is 0 Å². The molecule has 2 aromatic heterocycles. The lowest BCUT2D eigenvalue weighted by Gasteiger charge is -2.38. The van der Waals surface area contributed by atoms with Crippen LogP contribution in [0.1, 0.15) is 31.2 Å². The van der Waals surface area contributed by atoms with Crippen LogP contribution in [0.15, 0.2) is 30.5 Å². The molecule has 40 heavy (non-hydrogen) atoms. The van der Waals surface area contributed by atoms with Crippen molar-refractivity contribution >= 4 is 40.4 Å². The Morgan fingerprint density at radius 3 is 2.62 bits per heavy atom. The number of rotatable bonds is 8. The fourth-order valence-corrected chi connectivity index (χ4v) is 5.51. The van der Waals surface area contributed by atoms with Gasteiger partial charge in [-0.2, -0.15) is 4.98 Å². The molecule has 2 saturated heterocycles. The molecule has 212 valence electrons. The molecule has 0 bridgehead atoms. The third-order valence-corrected chi connectivity index (χ3v) is 7.75. The fraction of sp³-hybridized carbons (Fsp3) is 0.464. The first kappa shape index (κ1) is 27.5. The van der Waals surface area contributed by atoms with E-state index < -0.39 is 11.8 Å². The van der Waals surface area contributed by atoms with Crippen LogP contribution in [0.2, 0.25) is 0 Å². The highest BCUT2D eigenvalue weighted by molar-refractivity contribution is 5.92. The number of aliphatic carboxylic acids is 1. The lowest BCUT2D eigenvalue weighted by molar-refractivity contribution is -0.141. The number of likely N-dealkylation sites (tertiary alicyclic amines) is 1. The van der Waals surface area contributed by atoms with Crippen molar-refractivity contribution in [1.82, 2.24) is 24.8 Å². The molecular weight excluding hydrogens is 517 g/mol. The predicted octanol–water partition coefficient (Wildman–Crippen LogP) is 3.20. The molecule has 1 amide bonds. The van der Waals surface area contributed by atoms with Gasteiger partial charge in [-0.1, -0.05) is 6.07 Å². The third kappa shape index (κ3) is 5.76. The average molecular weight is 552 g/mol. The van der Waals surface area contributed by atoms with E-state index in [9.17, 15) is 19.1 Å². The van der Waals surface area contributed by atoms with Crippen molar-refractivity contribution in [3.63, 3.8) is 0 Å². The number of hydrogen-bond acceptors (Lipinski definition) is 9. The number of likely N-dealkylation sites (N-methyl/N-ethyl adjacent to an activating group) is 1. The van der Waals surface area contributed by atoms with Gasteiger partial charge in [0.25, 0.3) is 0 Å². The van der Waals surface area contributed by atoms with Crippen molar-refractivity contribution < 1.29 is 23.8 Å². The molecule has 0 radical (unpaired) electrons. The summed E-state index contributed by atoms with van der Waals surface area (Å²) in [4.78, 5) is 44.0. The quantitative estimate of drug-likeness (QED) is 0.431. The molecule has 2 aliphatic heterocycles. The van der Waals surface area contributed by atoms with Crippen LogP contribution in [0.4, 0.5) is 22.0 Å². The Morgan fingerprint density at radius 2 is 1.95 bits per heavy atom. The molecular formula is C28H34FN7O4. The minimum absolute atomic E-state index is 0.0228. The lowest BCUT2D eigenvalue weighted by Crippen LogP contribution is -2.52. The van der Waals surface area contributed by atoms with Crippen LogP contribution in [0.25, 0.3) is 10.9 Å². The first-order valence-corrected chi connectivity index (χ1v) is 13.5. The maximum atomic E-state index is 14.6. The molecule has 5 rings (SSSR count). The molecule has 2 N–H and O–H groups in total. The molecule has 11 nitrogen and oxygen atoms in total. The van der Waals surface area contributed by atoms with E-state index in [1.54, 1.807) is 22.1 Å². The summed E-state index contributed by atoms with van der Waals surface area (Å²) in [6.45, 7) is 3.70. The number of hydrogen-bond donors (Lipinski definition) is 2. The third-order valence-electron chi connectivity index (χ3n) is 7.75. The Kier molecular flexibility index (Phi) is 7.97. The number of anilines is 3. The van der Waals surface area contributed by atoms with Crippen molar-refractivity contribution in [2.75, 3.05) is 50.6 Å². The Morgan fingerprint density at radius 1 is 1.18 bits per heavy atom. The molecule has 4 heterocycles. The van der Waals surface area contributed by atoms with E-state index in [-0.39, 0.29) is 30.3 Å². The van der Waals surface area contributed by atoms with Gasteiger partial charge in [0.2, 0.25) is 11.9 Å². The van der Waals surface area contributed by atoms with Crippen LogP contribution in [0.3, 0.4) is 0 Å². The maximum absolute atomic E-state index is 14.6. The summed E-state index contributed by atoms with van der Waals surface area (Å²) in [6.07, 6.45) is 4.66. The molecule has 1 atom stereocenters. The van der Waals surface area contributed by atoms with Gasteiger partial charge in [0.1, 0.15) is 11.6 Å². The number of carboxylic acids is 1. The SMILES string of the molecule is COc1cc2nc(N3CCC(N(C)C(=O)C4CCCN4CC(=O)O)CC3)nc(Nc3ccc(C)cn3)c2cc1F. The molecule has 2 aliphatic rings. The van der Waals surface area contributed by atoms with Crippen LogP contribution in [0, 0.1) is 12.7 Å². The number of ether oxygens (including phenoxy) is 1. The molecule has 1 aromatic carbocycles. The summed E-state index contributed by atoms with van der Waals surface area (Å²) in [7, 11) is 3.22. The number of amides is 1. The number of carbonyl (C=O) groups excluding carboxylic acids is 1. The van der Waals surface area contributed by atoms with E-state index in [0.29, 0.717) is 67.4 Å². The molecule has 1 unspecified atom stereocenters. The Bertz CT molecular complexity index is 1400. The number of fused-ring (bicyclic) bond motifs is 1. The number of aryl methyl sites for hydroxylation is 1. The van der Waals surface area contributed by atoms with Gasteiger partial charge in [0, 0.05) is 43.8 Å². The highest BCUT2D eigenvalue weighted by atomic mass is 19.1. The highest BCUT2D eigenvalue weighted by Gasteiger charge is 2.36. The van der Waals surface area contributed by atoms with Gasteiger partial charge in [-0.05, 0) is 56.8 Å². The Balaban J connectivity index is 1.34. The summed E-state index contributed by atoms with van der Waals surface area (Å²) >= 11 is 0. The highest BCUT2D eigenvalue weighted by Crippen LogP contribution is 2.32. The van der Waals surface area contributed by atoms with Gasteiger partial charge in [0.15, 0.2) is 11.6 Å². The van der Waals surface area contributed by atoms with Crippen LogP contribution < -0.4 is 15.0 Å². The molecule has 0 saturated carbocycles. The first-order chi connectivity index (χ1) is 19.2. The zero-order chi connectivity index (χ0) is 28.4. The van der Waals surface area contributed by atoms with Crippen molar-refractivity contribution in [3.05, 3.63) is 41.8 Å². The van der Waals surface area contributed by atoms with Gasteiger partial charge in [-0.3, -0.25) is 14.5 Å². The Hall–Kier alpha value is -4.06. The maximum Gasteiger partial charge on any atom is 0.317 e. The van der Waals surface area contributed by atoms with Crippen molar-refractivity contribution in [3.8, 4) is 5.75 Å². The van der Waals surface area contributed by atoms with Crippen molar-refractivity contribution in [2.45, 2.75) is 44.7 Å². The van der Waals surface area contributed by atoms with Gasteiger partial charge in [-0.15, -0.1) is 0 Å². The topological polar surface area (TPSA) is 124 Å². The molecule has 0 aliphatic carbocycles. The zero-order valence-electron chi connectivity index (χ0n) is 22.9. The minimum atomic E-state index is -0.918. The number of halogens is 1. The fourth-order valence-electron chi connectivity index (χ4n) is 5.51. The van der Waals surface area contributed by atoms with Crippen LogP contribution in [0.5, 0.6) is 5.75 Å². The summed E-state index contributed by atoms with van der Waals surface area (Å²) in [5.74, 6) is 0.154. The van der Waals surface area contributed by atoms with E-state index in [4.69, 9.17) is 14.7 Å². The second-order valence-electron chi connectivity index (χ2n) is 10.4. The van der Waals surface area contributed by atoms with Gasteiger partial charge in [-0.25, -0.2) is 14.4 Å². The normalized spacial score (nSPS) is 18.2. The second-order valence-corrected chi connectivity index (χ2v) is 10.4. The molecule has 12 heteroatoms. The number of piperidine rings is 1. The number of benzene rings is 1. The lowest BCUT2D eigenvalue weighted by atomic mass is 10.0. The zero-order valence-corrected chi connectivity index (χ0v) is 22.9. The van der Waals surface area contributed by atoms with Crippen molar-refractivity contribution in [1.29, 1.82) is 0 Å². The Labute approximate surface area is 232 Å². The molecule has 2 fully saturated rings. The second kappa shape index (κ2) is 11.6. The van der Waals surface area contributed by atoms with Gasteiger partial charge < -0.3 is 25.0 Å². The van der Waals surface area contributed by atoms with E-state index >= 15 is 0 Å².